The van der Waals surface area contributed by atoms with Gasteiger partial charge in [-0.25, -0.2) is 0 Å². The van der Waals surface area contributed by atoms with E-state index in [9.17, 15) is 0 Å². The normalized spacial score (nSPS) is 14.7. The van der Waals surface area contributed by atoms with E-state index in [2.05, 4.69) is 39.6 Å². The highest BCUT2D eigenvalue weighted by Crippen LogP contribution is 2.30. The van der Waals surface area contributed by atoms with E-state index in [1.54, 1.807) is 0 Å². The Balaban J connectivity index is 1.93. The van der Waals surface area contributed by atoms with Crippen molar-refractivity contribution in [2.45, 2.75) is 26.8 Å². The molecule has 1 aliphatic heterocycles. The Morgan fingerprint density at radius 2 is 2.16 bits per heavy atom. The fourth-order valence-electron chi connectivity index (χ4n) is 2.60. The fraction of sp³-hybridized carbons (Fsp3) is 0.400. The van der Waals surface area contributed by atoms with Gasteiger partial charge in [0, 0.05) is 25.2 Å². The Morgan fingerprint density at radius 1 is 1.32 bits per heavy atom. The van der Waals surface area contributed by atoms with Crippen LogP contribution in [0.3, 0.4) is 0 Å². The molecule has 0 saturated carbocycles. The van der Waals surface area contributed by atoms with Crippen LogP contribution in [0.1, 0.15) is 23.4 Å². The van der Waals surface area contributed by atoms with Gasteiger partial charge in [0.2, 0.25) is 0 Å². The summed E-state index contributed by atoms with van der Waals surface area (Å²) in [5, 5.41) is 7.53. The molecular formula is C15H19N3O. The second kappa shape index (κ2) is 4.96. The van der Waals surface area contributed by atoms with Gasteiger partial charge in [0.1, 0.15) is 5.76 Å². The summed E-state index contributed by atoms with van der Waals surface area (Å²) in [6.07, 6.45) is 1.14. The molecule has 0 atom stereocenters. The van der Waals surface area contributed by atoms with Crippen LogP contribution in [0, 0.1) is 13.8 Å². The average molecular weight is 257 g/mol. The minimum absolute atomic E-state index is 0.861. The molecule has 0 aliphatic carbocycles. The van der Waals surface area contributed by atoms with Crippen LogP contribution in [0.15, 0.2) is 28.8 Å². The average Bonchev–Trinajstić information content (AvgIpc) is 2.65. The van der Waals surface area contributed by atoms with Crippen LogP contribution in [-0.4, -0.2) is 18.2 Å². The maximum Gasteiger partial charge on any atom is 0.138 e. The lowest BCUT2D eigenvalue weighted by molar-refractivity contribution is 0.392. The first kappa shape index (κ1) is 12.1. The number of aryl methyl sites for hydroxylation is 2. The van der Waals surface area contributed by atoms with E-state index < -0.39 is 0 Å². The van der Waals surface area contributed by atoms with E-state index >= 15 is 0 Å². The van der Waals surface area contributed by atoms with Gasteiger partial charge in [-0.1, -0.05) is 17.3 Å². The molecule has 100 valence electrons. The minimum atomic E-state index is 0.861. The molecule has 4 heteroatoms. The zero-order valence-corrected chi connectivity index (χ0v) is 11.4. The molecule has 1 N–H and O–H groups in total. The lowest BCUT2D eigenvalue weighted by Gasteiger charge is -2.24. The van der Waals surface area contributed by atoms with Crippen molar-refractivity contribution in [3.8, 4) is 0 Å². The molecule has 3 rings (SSSR count). The SMILES string of the molecule is Cc1noc(C)c1CN1CCCNc2ccccc21. The number of anilines is 2. The van der Waals surface area contributed by atoms with Crippen molar-refractivity contribution in [2.75, 3.05) is 23.3 Å². The van der Waals surface area contributed by atoms with Crippen molar-refractivity contribution in [3.05, 3.63) is 41.3 Å². The molecule has 0 bridgehead atoms. The Hall–Kier alpha value is -1.97. The number of hydrogen-bond donors (Lipinski definition) is 1. The van der Waals surface area contributed by atoms with Gasteiger partial charge >= 0.3 is 0 Å². The quantitative estimate of drug-likeness (QED) is 0.897. The number of hydrogen-bond acceptors (Lipinski definition) is 4. The van der Waals surface area contributed by atoms with Crippen LogP contribution in [0.5, 0.6) is 0 Å². The predicted octanol–water partition coefficient (Wildman–Crippen LogP) is 3.11. The topological polar surface area (TPSA) is 41.3 Å². The highest BCUT2D eigenvalue weighted by Gasteiger charge is 2.18. The number of aromatic nitrogens is 1. The maximum absolute atomic E-state index is 5.26. The number of para-hydroxylation sites is 2. The summed E-state index contributed by atoms with van der Waals surface area (Å²) in [6, 6.07) is 8.48. The first-order valence-electron chi connectivity index (χ1n) is 6.75. The van der Waals surface area contributed by atoms with Crippen molar-refractivity contribution >= 4 is 11.4 Å². The summed E-state index contributed by atoms with van der Waals surface area (Å²) in [5.74, 6) is 0.923. The Labute approximate surface area is 113 Å². The van der Waals surface area contributed by atoms with Crippen LogP contribution < -0.4 is 10.2 Å². The summed E-state index contributed by atoms with van der Waals surface area (Å²) in [6.45, 7) is 6.92. The molecule has 0 saturated heterocycles. The van der Waals surface area contributed by atoms with Gasteiger partial charge in [0.15, 0.2) is 0 Å². The standard InChI is InChI=1S/C15H19N3O/c1-11-13(12(2)19-17-11)10-18-9-5-8-16-14-6-3-4-7-15(14)18/h3-4,6-7,16H,5,8-10H2,1-2H3. The van der Waals surface area contributed by atoms with Gasteiger partial charge in [-0.15, -0.1) is 0 Å². The molecule has 0 fully saturated rings. The van der Waals surface area contributed by atoms with E-state index in [1.807, 2.05) is 13.8 Å². The second-order valence-corrected chi connectivity index (χ2v) is 5.02. The molecule has 2 aromatic rings. The van der Waals surface area contributed by atoms with Crippen molar-refractivity contribution in [3.63, 3.8) is 0 Å². The molecule has 0 radical (unpaired) electrons. The van der Waals surface area contributed by atoms with Crippen molar-refractivity contribution in [1.82, 2.24) is 5.16 Å². The molecule has 0 spiro atoms. The van der Waals surface area contributed by atoms with Gasteiger partial charge < -0.3 is 14.7 Å². The maximum atomic E-state index is 5.26. The molecule has 1 aliphatic rings. The number of nitrogens with zero attached hydrogens (tertiary/aromatic N) is 2. The Morgan fingerprint density at radius 3 is 2.95 bits per heavy atom. The largest absolute Gasteiger partial charge is 0.383 e. The zero-order valence-electron chi connectivity index (χ0n) is 11.4. The molecule has 19 heavy (non-hydrogen) atoms. The third-order valence-corrected chi connectivity index (χ3v) is 3.70. The van der Waals surface area contributed by atoms with E-state index in [0.717, 1.165) is 37.5 Å². The lowest BCUT2D eigenvalue weighted by Crippen LogP contribution is -2.23. The van der Waals surface area contributed by atoms with Crippen LogP contribution in [0.4, 0.5) is 11.4 Å². The van der Waals surface area contributed by atoms with Gasteiger partial charge in [-0.3, -0.25) is 0 Å². The highest BCUT2D eigenvalue weighted by atomic mass is 16.5. The van der Waals surface area contributed by atoms with E-state index in [4.69, 9.17) is 4.52 Å². The molecule has 0 amide bonds. The van der Waals surface area contributed by atoms with Gasteiger partial charge in [0.25, 0.3) is 0 Å². The number of rotatable bonds is 2. The van der Waals surface area contributed by atoms with Crippen LogP contribution >= 0.6 is 0 Å². The van der Waals surface area contributed by atoms with Gasteiger partial charge in [-0.05, 0) is 32.4 Å². The Kier molecular flexibility index (Phi) is 3.15. The summed E-state index contributed by atoms with van der Waals surface area (Å²) in [7, 11) is 0. The smallest absolute Gasteiger partial charge is 0.138 e. The molecule has 2 heterocycles. The number of nitrogens with one attached hydrogen (secondary N) is 1. The molecular weight excluding hydrogens is 238 g/mol. The first-order chi connectivity index (χ1) is 9.25. The molecule has 1 aromatic carbocycles. The third-order valence-electron chi connectivity index (χ3n) is 3.70. The number of fused-ring (bicyclic) bond motifs is 1. The minimum Gasteiger partial charge on any atom is -0.383 e. The van der Waals surface area contributed by atoms with Gasteiger partial charge in [-0.2, -0.15) is 0 Å². The summed E-state index contributed by atoms with van der Waals surface area (Å²) >= 11 is 0. The predicted molar refractivity (Wildman–Crippen MR) is 76.6 cm³/mol. The Bertz CT molecular complexity index is 557. The molecule has 4 nitrogen and oxygen atoms in total. The highest BCUT2D eigenvalue weighted by molar-refractivity contribution is 5.70. The van der Waals surface area contributed by atoms with Crippen molar-refractivity contribution in [2.24, 2.45) is 0 Å². The summed E-state index contributed by atoms with van der Waals surface area (Å²) in [5.41, 5.74) is 4.68. The van der Waals surface area contributed by atoms with Crippen molar-refractivity contribution < 1.29 is 4.52 Å². The third kappa shape index (κ3) is 2.30. The van der Waals surface area contributed by atoms with E-state index in [1.165, 1.54) is 16.9 Å². The zero-order chi connectivity index (χ0) is 13.2. The van der Waals surface area contributed by atoms with Gasteiger partial charge in [0.05, 0.1) is 17.1 Å². The molecule has 1 aromatic heterocycles. The number of benzene rings is 1. The second-order valence-electron chi connectivity index (χ2n) is 5.02. The monoisotopic (exact) mass is 257 g/mol. The van der Waals surface area contributed by atoms with Crippen molar-refractivity contribution in [1.29, 1.82) is 0 Å². The first-order valence-corrected chi connectivity index (χ1v) is 6.75. The summed E-state index contributed by atoms with van der Waals surface area (Å²) < 4.78 is 5.26. The van der Waals surface area contributed by atoms with E-state index in [0.29, 0.717) is 0 Å². The van der Waals surface area contributed by atoms with Crippen LogP contribution in [-0.2, 0) is 6.54 Å². The summed E-state index contributed by atoms with van der Waals surface area (Å²) in [4.78, 5) is 2.40. The fourth-order valence-corrected chi connectivity index (χ4v) is 2.60. The van der Waals surface area contributed by atoms with Crippen LogP contribution in [0.25, 0.3) is 0 Å². The van der Waals surface area contributed by atoms with Crippen LogP contribution in [0.2, 0.25) is 0 Å². The molecule has 0 unspecified atom stereocenters. The van der Waals surface area contributed by atoms with E-state index in [-0.39, 0.29) is 0 Å². The lowest BCUT2D eigenvalue weighted by atomic mass is 10.1.